The highest BCUT2D eigenvalue weighted by atomic mass is 15.5. The van der Waals surface area contributed by atoms with E-state index in [9.17, 15) is 0 Å². The van der Waals surface area contributed by atoms with Crippen LogP contribution in [-0.4, -0.2) is 24.6 Å². The lowest BCUT2D eigenvalue weighted by molar-refractivity contribution is 0.211. The maximum absolute atomic E-state index is 3.74. The number of nitrogens with zero attached hydrogens (tertiary/aromatic N) is 1. The van der Waals surface area contributed by atoms with Gasteiger partial charge in [-0.05, 0) is 6.42 Å². The molecule has 0 rings (SSSR count). The van der Waals surface area contributed by atoms with E-state index in [1.54, 1.807) is 0 Å². The van der Waals surface area contributed by atoms with Crippen molar-refractivity contribution >= 4 is 0 Å². The summed E-state index contributed by atoms with van der Waals surface area (Å²) in [6.45, 7) is 11.1. The quantitative estimate of drug-likeness (QED) is 0.558. The molecule has 1 radical (unpaired) electrons. The predicted molar refractivity (Wildman–Crippen MR) is 40.9 cm³/mol. The second-order valence-corrected chi connectivity index (χ2v) is 1.93. The Balaban J connectivity index is 3.09. The minimum atomic E-state index is 0.955. The summed E-state index contributed by atoms with van der Waals surface area (Å²) in [5.41, 5.74) is 3.24. The van der Waals surface area contributed by atoms with Gasteiger partial charge in [0.25, 0.3) is 0 Å². The summed E-state index contributed by atoms with van der Waals surface area (Å²) in [4.78, 5) is 0. The Morgan fingerprint density at radius 3 is 2.22 bits per heavy atom. The Kier molecular flexibility index (Phi) is 5.99. The molecule has 55 valence electrons. The van der Waals surface area contributed by atoms with Crippen LogP contribution in [0.1, 0.15) is 20.3 Å². The fourth-order valence-corrected chi connectivity index (χ4v) is 0.684. The van der Waals surface area contributed by atoms with Crippen LogP contribution in [0.3, 0.4) is 0 Å². The van der Waals surface area contributed by atoms with Crippen molar-refractivity contribution in [1.29, 1.82) is 0 Å². The van der Waals surface area contributed by atoms with Crippen molar-refractivity contribution in [2.75, 3.05) is 19.6 Å². The van der Waals surface area contributed by atoms with Gasteiger partial charge in [0, 0.05) is 19.6 Å². The molecule has 2 heteroatoms. The van der Waals surface area contributed by atoms with E-state index in [1.165, 1.54) is 0 Å². The van der Waals surface area contributed by atoms with Gasteiger partial charge in [-0.25, -0.2) is 5.01 Å². The normalized spacial score (nSPS) is 10.7. The fraction of sp³-hybridized carbons (Fsp3) is 0.857. The molecule has 0 unspecified atom stereocenters. The molecule has 0 heterocycles. The number of hydrogen-bond acceptors (Lipinski definition) is 2. The Morgan fingerprint density at radius 2 is 1.89 bits per heavy atom. The van der Waals surface area contributed by atoms with E-state index in [4.69, 9.17) is 0 Å². The van der Waals surface area contributed by atoms with Crippen LogP contribution < -0.4 is 5.43 Å². The molecule has 0 atom stereocenters. The maximum Gasteiger partial charge on any atom is 0.0102 e. The van der Waals surface area contributed by atoms with Crippen LogP contribution >= 0.6 is 0 Å². The Labute approximate surface area is 58.2 Å². The lowest BCUT2D eigenvalue weighted by atomic mass is 10.5. The Bertz CT molecular complexity index is 50.9. The highest BCUT2D eigenvalue weighted by Crippen LogP contribution is 1.79. The van der Waals surface area contributed by atoms with Crippen molar-refractivity contribution in [1.82, 2.24) is 10.4 Å². The Morgan fingerprint density at radius 1 is 1.33 bits per heavy atom. The van der Waals surface area contributed by atoms with E-state index in [-0.39, 0.29) is 0 Å². The Hall–Kier alpha value is -0.0800. The third-order valence-electron chi connectivity index (χ3n) is 1.28. The molecule has 0 bridgehead atoms. The monoisotopic (exact) mass is 129 g/mol. The van der Waals surface area contributed by atoms with Crippen LogP contribution in [0.15, 0.2) is 0 Å². The summed E-state index contributed by atoms with van der Waals surface area (Å²) < 4.78 is 0. The molecule has 9 heavy (non-hydrogen) atoms. The standard InChI is InChI=1S/C7H17N2/c1-4-7-8-9(5-2)6-3/h8H,1,4-7H2,2-3H3. The largest absolute Gasteiger partial charge is 0.255 e. The second kappa shape index (κ2) is 6.05. The zero-order valence-electron chi connectivity index (χ0n) is 6.48. The van der Waals surface area contributed by atoms with Gasteiger partial charge in [-0.15, -0.1) is 0 Å². The fourth-order valence-electron chi connectivity index (χ4n) is 0.684. The summed E-state index contributed by atoms with van der Waals surface area (Å²) >= 11 is 0. The summed E-state index contributed by atoms with van der Waals surface area (Å²) in [5, 5.41) is 2.17. The zero-order valence-corrected chi connectivity index (χ0v) is 6.48. The molecule has 0 saturated carbocycles. The molecule has 0 spiro atoms. The van der Waals surface area contributed by atoms with Gasteiger partial charge in [-0.2, -0.15) is 0 Å². The maximum atomic E-state index is 3.74. The molecule has 0 amide bonds. The van der Waals surface area contributed by atoms with Gasteiger partial charge < -0.3 is 0 Å². The summed E-state index contributed by atoms with van der Waals surface area (Å²) in [7, 11) is 0. The first kappa shape index (κ1) is 8.92. The van der Waals surface area contributed by atoms with Crippen LogP contribution in [0.25, 0.3) is 0 Å². The highest BCUT2D eigenvalue weighted by Gasteiger charge is 1.92. The topological polar surface area (TPSA) is 15.3 Å². The molecule has 0 aliphatic carbocycles. The van der Waals surface area contributed by atoms with Gasteiger partial charge in [-0.3, -0.25) is 5.43 Å². The van der Waals surface area contributed by atoms with Crippen LogP contribution in [0.5, 0.6) is 0 Å². The minimum absolute atomic E-state index is 0.955. The third kappa shape index (κ3) is 4.43. The van der Waals surface area contributed by atoms with E-state index in [2.05, 4.69) is 31.2 Å². The van der Waals surface area contributed by atoms with Crippen LogP contribution in [-0.2, 0) is 0 Å². The van der Waals surface area contributed by atoms with Crippen molar-refractivity contribution in [3.63, 3.8) is 0 Å². The highest BCUT2D eigenvalue weighted by molar-refractivity contribution is 4.46. The average Bonchev–Trinajstić information content (AvgIpc) is 1.91. The number of hydrazine groups is 1. The molecule has 0 saturated heterocycles. The second-order valence-electron chi connectivity index (χ2n) is 1.93. The molecule has 0 aromatic rings. The van der Waals surface area contributed by atoms with Gasteiger partial charge in [-0.1, -0.05) is 20.8 Å². The van der Waals surface area contributed by atoms with Crippen molar-refractivity contribution in [2.45, 2.75) is 20.3 Å². The first-order chi connectivity index (χ1) is 4.35. The molecule has 0 aromatic heterocycles. The molecule has 0 aromatic carbocycles. The summed E-state index contributed by atoms with van der Waals surface area (Å²) in [6.07, 6.45) is 0.955. The van der Waals surface area contributed by atoms with Gasteiger partial charge in [0.2, 0.25) is 0 Å². The van der Waals surface area contributed by atoms with Crippen molar-refractivity contribution < 1.29 is 0 Å². The minimum Gasteiger partial charge on any atom is -0.255 e. The van der Waals surface area contributed by atoms with E-state index in [0.29, 0.717) is 0 Å². The third-order valence-corrected chi connectivity index (χ3v) is 1.28. The number of rotatable bonds is 5. The molecule has 0 aliphatic rings. The molecular formula is C7H17N2. The van der Waals surface area contributed by atoms with Gasteiger partial charge in [0.15, 0.2) is 0 Å². The lowest BCUT2D eigenvalue weighted by Gasteiger charge is -2.18. The lowest BCUT2D eigenvalue weighted by Crippen LogP contribution is -2.37. The zero-order chi connectivity index (χ0) is 7.11. The molecule has 1 N–H and O–H groups in total. The van der Waals surface area contributed by atoms with Gasteiger partial charge in [0.1, 0.15) is 0 Å². The van der Waals surface area contributed by atoms with Crippen molar-refractivity contribution in [3.05, 3.63) is 6.92 Å². The van der Waals surface area contributed by atoms with E-state index < -0.39 is 0 Å². The van der Waals surface area contributed by atoms with Crippen LogP contribution in [0.4, 0.5) is 0 Å². The van der Waals surface area contributed by atoms with Gasteiger partial charge >= 0.3 is 0 Å². The van der Waals surface area contributed by atoms with E-state index in [1.807, 2.05) is 0 Å². The predicted octanol–water partition coefficient (Wildman–Crippen LogP) is 1.06. The molecular weight excluding hydrogens is 112 g/mol. The first-order valence-electron chi connectivity index (χ1n) is 3.62. The number of nitrogens with one attached hydrogen (secondary N) is 1. The van der Waals surface area contributed by atoms with Crippen molar-refractivity contribution in [2.24, 2.45) is 0 Å². The smallest absolute Gasteiger partial charge is 0.0102 e. The molecule has 2 nitrogen and oxygen atoms in total. The van der Waals surface area contributed by atoms with Crippen molar-refractivity contribution in [3.8, 4) is 0 Å². The van der Waals surface area contributed by atoms with Gasteiger partial charge in [0.05, 0.1) is 0 Å². The summed E-state index contributed by atoms with van der Waals surface area (Å²) in [6, 6.07) is 0. The van der Waals surface area contributed by atoms with Crippen LogP contribution in [0.2, 0.25) is 0 Å². The molecule has 0 aliphatic heterocycles. The molecule has 0 fully saturated rings. The summed E-state index contributed by atoms with van der Waals surface area (Å²) in [5.74, 6) is 0. The number of hydrogen-bond donors (Lipinski definition) is 1. The first-order valence-corrected chi connectivity index (χ1v) is 3.62. The van der Waals surface area contributed by atoms with Crippen LogP contribution in [0, 0.1) is 6.92 Å². The average molecular weight is 129 g/mol. The van der Waals surface area contributed by atoms with E-state index in [0.717, 1.165) is 26.1 Å². The SMILES string of the molecule is [CH2]CCNN(CC)CC. The van der Waals surface area contributed by atoms with E-state index >= 15 is 0 Å².